The molecule has 0 saturated carbocycles. The molecule has 156 valence electrons. The Kier molecular flexibility index (Phi) is 6.45. The minimum atomic E-state index is -4.39. The molecule has 0 aliphatic carbocycles. The highest BCUT2D eigenvalue weighted by Crippen LogP contribution is 2.30. The van der Waals surface area contributed by atoms with Crippen LogP contribution in [0.3, 0.4) is 0 Å². The molecule has 1 aliphatic rings. The quantitative estimate of drug-likeness (QED) is 0.718. The number of benzene rings is 1. The third kappa shape index (κ3) is 5.28. The minimum absolute atomic E-state index is 0.0127. The number of rotatable bonds is 5. The van der Waals surface area contributed by atoms with Crippen LogP contribution in [0.15, 0.2) is 42.6 Å². The number of hydrogen-bond donors (Lipinski definition) is 1. The Morgan fingerprint density at radius 2 is 1.83 bits per heavy atom. The monoisotopic (exact) mass is 405 g/mol. The second-order valence-corrected chi connectivity index (χ2v) is 7.58. The average molecular weight is 405 g/mol. The predicted molar refractivity (Wildman–Crippen MR) is 108 cm³/mol. The fourth-order valence-corrected chi connectivity index (χ4v) is 3.49. The third-order valence-corrected chi connectivity index (χ3v) is 5.62. The molecular weight excluding hydrogens is 379 g/mol. The average Bonchev–Trinajstić information content (AvgIpc) is 2.73. The van der Waals surface area contributed by atoms with Gasteiger partial charge >= 0.3 is 6.18 Å². The second kappa shape index (κ2) is 8.84. The zero-order chi connectivity index (χ0) is 21.0. The van der Waals surface area contributed by atoms with E-state index >= 15 is 0 Å². The van der Waals surface area contributed by atoms with E-state index in [1.807, 2.05) is 29.2 Å². The van der Waals surface area contributed by atoms with Crippen molar-refractivity contribution in [1.82, 2.24) is 4.98 Å². The highest BCUT2D eigenvalue weighted by molar-refractivity contribution is 5.92. The van der Waals surface area contributed by atoms with Crippen LogP contribution in [0, 0.1) is 5.92 Å². The first-order chi connectivity index (χ1) is 13.8. The zero-order valence-corrected chi connectivity index (χ0v) is 16.7. The third-order valence-electron chi connectivity index (χ3n) is 5.62. The van der Waals surface area contributed by atoms with Gasteiger partial charge in [-0.1, -0.05) is 26.0 Å². The number of aromatic nitrogens is 1. The van der Waals surface area contributed by atoms with E-state index in [0.717, 1.165) is 24.4 Å². The van der Waals surface area contributed by atoms with Gasteiger partial charge in [-0.15, -0.1) is 0 Å². The molecule has 2 aromatic rings. The lowest BCUT2D eigenvalue weighted by molar-refractivity contribution is -0.137. The SMILES string of the molecule is CC[C@H](C)c1ccc(NC(=O)C2CCN(c3ccc(C(F)(F)F)cn3)CC2)cc1. The molecule has 1 aromatic carbocycles. The van der Waals surface area contributed by atoms with E-state index in [1.54, 1.807) is 0 Å². The zero-order valence-electron chi connectivity index (χ0n) is 16.7. The van der Waals surface area contributed by atoms with E-state index in [0.29, 0.717) is 37.7 Å². The highest BCUT2D eigenvalue weighted by Gasteiger charge is 2.31. The summed E-state index contributed by atoms with van der Waals surface area (Å²) in [5.74, 6) is 0.872. The van der Waals surface area contributed by atoms with Crippen LogP contribution in [0.1, 0.15) is 50.2 Å². The highest BCUT2D eigenvalue weighted by atomic mass is 19.4. The van der Waals surface area contributed by atoms with E-state index in [2.05, 4.69) is 24.1 Å². The molecule has 2 heterocycles. The smallest absolute Gasteiger partial charge is 0.357 e. The van der Waals surface area contributed by atoms with Crippen LogP contribution in [0.25, 0.3) is 0 Å². The van der Waals surface area contributed by atoms with E-state index in [1.165, 1.54) is 11.6 Å². The lowest BCUT2D eigenvalue weighted by Crippen LogP contribution is -2.38. The normalized spacial score (nSPS) is 16.5. The van der Waals surface area contributed by atoms with E-state index in [-0.39, 0.29) is 11.8 Å². The summed E-state index contributed by atoms with van der Waals surface area (Å²) in [6.07, 6.45) is -1.18. The van der Waals surface area contributed by atoms with Crippen molar-refractivity contribution in [3.63, 3.8) is 0 Å². The van der Waals surface area contributed by atoms with Crippen LogP contribution in [0.2, 0.25) is 0 Å². The first kappa shape index (κ1) is 21.1. The summed E-state index contributed by atoms with van der Waals surface area (Å²) in [7, 11) is 0. The molecular formula is C22H26F3N3O. The Bertz CT molecular complexity index is 811. The molecule has 0 radical (unpaired) electrons. The molecule has 1 fully saturated rings. The van der Waals surface area contributed by atoms with Gasteiger partial charge in [-0.2, -0.15) is 13.2 Å². The van der Waals surface area contributed by atoms with Crippen molar-refractivity contribution in [2.75, 3.05) is 23.3 Å². The minimum Gasteiger partial charge on any atom is -0.357 e. The summed E-state index contributed by atoms with van der Waals surface area (Å²) in [4.78, 5) is 18.4. The molecule has 3 rings (SSSR count). The molecule has 4 nitrogen and oxygen atoms in total. The maximum atomic E-state index is 12.7. The lowest BCUT2D eigenvalue weighted by atomic mass is 9.95. The van der Waals surface area contributed by atoms with Gasteiger partial charge in [0.2, 0.25) is 5.91 Å². The van der Waals surface area contributed by atoms with Gasteiger partial charge in [0.15, 0.2) is 0 Å². The molecule has 7 heteroatoms. The number of nitrogens with zero attached hydrogens (tertiary/aromatic N) is 2. The molecule has 1 aromatic heterocycles. The van der Waals surface area contributed by atoms with Crippen LogP contribution < -0.4 is 10.2 Å². The molecule has 1 amide bonds. The fraction of sp³-hybridized carbons (Fsp3) is 0.455. The van der Waals surface area contributed by atoms with Gasteiger partial charge in [0, 0.05) is 30.9 Å². The van der Waals surface area contributed by atoms with Crippen molar-refractivity contribution in [3.05, 3.63) is 53.7 Å². The van der Waals surface area contributed by atoms with Crippen molar-refractivity contribution in [3.8, 4) is 0 Å². The molecule has 1 atom stereocenters. The summed E-state index contributed by atoms with van der Waals surface area (Å²) in [6, 6.07) is 10.4. The Morgan fingerprint density at radius 3 is 2.34 bits per heavy atom. The fourth-order valence-electron chi connectivity index (χ4n) is 3.49. The molecule has 1 saturated heterocycles. The van der Waals surface area contributed by atoms with E-state index in [9.17, 15) is 18.0 Å². The topological polar surface area (TPSA) is 45.2 Å². The standard InChI is InChI=1S/C22H26F3N3O/c1-3-15(2)16-4-7-19(8-5-16)27-21(29)17-10-12-28(13-11-17)20-9-6-18(14-26-20)22(23,24)25/h4-9,14-15,17H,3,10-13H2,1-2H3,(H,27,29)/t15-/m0/s1. The Hall–Kier alpha value is -2.57. The van der Waals surface area contributed by atoms with Crippen molar-refractivity contribution in [1.29, 1.82) is 0 Å². The number of amides is 1. The number of hydrogen-bond acceptors (Lipinski definition) is 3. The number of piperidine rings is 1. The Morgan fingerprint density at radius 1 is 1.17 bits per heavy atom. The van der Waals surface area contributed by atoms with Crippen molar-refractivity contribution in [2.24, 2.45) is 5.92 Å². The second-order valence-electron chi connectivity index (χ2n) is 7.58. The number of nitrogens with one attached hydrogen (secondary N) is 1. The summed E-state index contributed by atoms with van der Waals surface area (Å²) >= 11 is 0. The van der Waals surface area contributed by atoms with Gasteiger partial charge in [0.1, 0.15) is 5.82 Å². The van der Waals surface area contributed by atoms with Gasteiger partial charge in [0.05, 0.1) is 5.56 Å². The van der Waals surface area contributed by atoms with Crippen molar-refractivity contribution >= 4 is 17.4 Å². The summed E-state index contributed by atoms with van der Waals surface area (Å²) in [6.45, 7) is 5.49. The maximum Gasteiger partial charge on any atom is 0.417 e. The van der Waals surface area contributed by atoms with Crippen LogP contribution in [-0.4, -0.2) is 24.0 Å². The van der Waals surface area contributed by atoms with Crippen molar-refractivity contribution in [2.45, 2.75) is 45.2 Å². The van der Waals surface area contributed by atoms with Crippen LogP contribution in [-0.2, 0) is 11.0 Å². The first-order valence-corrected chi connectivity index (χ1v) is 9.97. The number of anilines is 2. The summed E-state index contributed by atoms with van der Waals surface area (Å²) in [5, 5.41) is 2.98. The van der Waals surface area contributed by atoms with Gasteiger partial charge in [-0.3, -0.25) is 4.79 Å². The molecule has 0 spiro atoms. The predicted octanol–water partition coefficient (Wildman–Crippen LogP) is 5.47. The van der Waals surface area contributed by atoms with Crippen LogP contribution >= 0.6 is 0 Å². The number of carbonyl (C=O) groups excluding carboxylic acids is 1. The molecule has 1 aliphatic heterocycles. The summed E-state index contributed by atoms with van der Waals surface area (Å²) < 4.78 is 38.0. The molecule has 0 bridgehead atoms. The number of alkyl halides is 3. The maximum absolute atomic E-state index is 12.7. The van der Waals surface area contributed by atoms with Gasteiger partial charge in [-0.05, 0) is 55.0 Å². The van der Waals surface area contributed by atoms with E-state index in [4.69, 9.17) is 0 Å². The van der Waals surface area contributed by atoms with Gasteiger partial charge < -0.3 is 10.2 Å². The number of pyridine rings is 1. The lowest BCUT2D eigenvalue weighted by Gasteiger charge is -2.32. The van der Waals surface area contributed by atoms with E-state index < -0.39 is 11.7 Å². The molecule has 29 heavy (non-hydrogen) atoms. The van der Waals surface area contributed by atoms with Crippen LogP contribution in [0.4, 0.5) is 24.7 Å². The molecule has 0 unspecified atom stereocenters. The van der Waals surface area contributed by atoms with Crippen molar-refractivity contribution < 1.29 is 18.0 Å². The number of halogens is 3. The Labute approximate surface area is 169 Å². The van der Waals surface area contributed by atoms with Crippen LogP contribution in [0.5, 0.6) is 0 Å². The summed E-state index contributed by atoms with van der Waals surface area (Å²) in [5.41, 5.74) is 1.28. The molecule has 1 N–H and O–H groups in total. The van der Waals surface area contributed by atoms with Gasteiger partial charge in [-0.25, -0.2) is 4.98 Å². The number of carbonyl (C=O) groups is 1. The van der Waals surface area contributed by atoms with Gasteiger partial charge in [0.25, 0.3) is 0 Å². The Balaban J connectivity index is 1.53. The largest absolute Gasteiger partial charge is 0.417 e. The first-order valence-electron chi connectivity index (χ1n) is 9.97.